The van der Waals surface area contributed by atoms with Gasteiger partial charge in [0.2, 0.25) is 5.82 Å². The average Bonchev–Trinajstić information content (AvgIpc) is 3.25. The number of aromatic nitrogens is 5. The van der Waals surface area contributed by atoms with Gasteiger partial charge in [0.1, 0.15) is 5.60 Å². The van der Waals surface area contributed by atoms with Gasteiger partial charge in [-0.2, -0.15) is 8.78 Å². The molecule has 1 amide bonds. The first-order valence-electron chi connectivity index (χ1n) is 11.6. The molecule has 35 heavy (non-hydrogen) atoms. The Hall–Kier alpha value is -3.37. The van der Waals surface area contributed by atoms with Crippen molar-refractivity contribution in [1.29, 1.82) is 0 Å². The summed E-state index contributed by atoms with van der Waals surface area (Å²) < 4.78 is 35.0. The number of rotatable bonds is 4. The SMILES string of the molecule is Cc1cc2c(cn1)c(N1C[C@H](C)[C@H](NC(=O)OC(C)(C)C)C1)nn2-c1cc(C)nc(C(C)(F)F)n1. The quantitative estimate of drug-likeness (QED) is 0.586. The molecule has 1 aliphatic rings. The molecule has 188 valence electrons. The van der Waals surface area contributed by atoms with Crippen LogP contribution < -0.4 is 10.2 Å². The highest BCUT2D eigenvalue weighted by Crippen LogP contribution is 2.32. The molecule has 11 heteroatoms. The van der Waals surface area contributed by atoms with Crippen LogP contribution in [0.3, 0.4) is 0 Å². The van der Waals surface area contributed by atoms with Gasteiger partial charge in [-0.1, -0.05) is 6.92 Å². The molecule has 1 aliphatic heterocycles. The van der Waals surface area contributed by atoms with E-state index in [2.05, 4.69) is 25.2 Å². The van der Waals surface area contributed by atoms with Gasteiger partial charge in [-0.05, 0) is 46.6 Å². The molecule has 0 saturated carbocycles. The van der Waals surface area contributed by atoms with Crippen LogP contribution in [0.4, 0.5) is 19.4 Å². The Morgan fingerprint density at radius 3 is 2.49 bits per heavy atom. The van der Waals surface area contributed by atoms with Crippen molar-refractivity contribution in [2.45, 2.75) is 66.0 Å². The summed E-state index contributed by atoms with van der Waals surface area (Å²) in [6.45, 7) is 12.9. The number of nitrogens with one attached hydrogen (secondary N) is 1. The Kier molecular flexibility index (Phi) is 6.14. The van der Waals surface area contributed by atoms with E-state index in [0.29, 0.717) is 30.1 Å². The number of carbonyl (C=O) groups is 1. The molecule has 0 bridgehead atoms. The van der Waals surface area contributed by atoms with E-state index in [-0.39, 0.29) is 17.8 Å². The molecule has 0 spiro atoms. The number of alkyl halides is 2. The largest absolute Gasteiger partial charge is 0.444 e. The van der Waals surface area contributed by atoms with Crippen molar-refractivity contribution < 1.29 is 18.3 Å². The Morgan fingerprint density at radius 1 is 1.11 bits per heavy atom. The van der Waals surface area contributed by atoms with Crippen molar-refractivity contribution in [1.82, 2.24) is 30.0 Å². The van der Waals surface area contributed by atoms with E-state index in [1.54, 1.807) is 23.9 Å². The van der Waals surface area contributed by atoms with Crippen LogP contribution in [0.15, 0.2) is 18.3 Å². The number of aryl methyl sites for hydroxylation is 2. The van der Waals surface area contributed by atoms with E-state index in [1.807, 2.05) is 40.7 Å². The molecule has 4 rings (SSSR count). The van der Waals surface area contributed by atoms with Crippen molar-refractivity contribution in [3.8, 4) is 5.82 Å². The van der Waals surface area contributed by atoms with Gasteiger partial charge in [0.05, 0.1) is 16.9 Å². The van der Waals surface area contributed by atoms with Crippen molar-refractivity contribution in [2.24, 2.45) is 5.92 Å². The minimum absolute atomic E-state index is 0.132. The molecule has 0 radical (unpaired) electrons. The van der Waals surface area contributed by atoms with Crippen molar-refractivity contribution in [2.75, 3.05) is 18.0 Å². The Bertz CT molecular complexity index is 1260. The fourth-order valence-corrected chi connectivity index (χ4v) is 4.15. The van der Waals surface area contributed by atoms with Gasteiger partial charge in [0.25, 0.3) is 0 Å². The topological polar surface area (TPSA) is 98.1 Å². The van der Waals surface area contributed by atoms with E-state index in [0.717, 1.165) is 18.0 Å². The number of alkyl carbamates (subject to hydrolysis) is 1. The summed E-state index contributed by atoms with van der Waals surface area (Å²) >= 11 is 0. The van der Waals surface area contributed by atoms with Gasteiger partial charge in [0, 0.05) is 43.7 Å². The second-order valence-corrected chi connectivity index (χ2v) is 10.3. The number of fused-ring (bicyclic) bond motifs is 1. The molecule has 3 aromatic rings. The zero-order chi connectivity index (χ0) is 25.7. The van der Waals surface area contributed by atoms with Gasteiger partial charge in [-0.15, -0.1) is 5.10 Å². The van der Waals surface area contributed by atoms with Crippen molar-refractivity contribution >= 4 is 22.8 Å². The molecule has 1 N–H and O–H groups in total. The van der Waals surface area contributed by atoms with Crippen LogP contribution >= 0.6 is 0 Å². The number of halogens is 2. The highest BCUT2D eigenvalue weighted by Gasteiger charge is 2.35. The Labute approximate surface area is 202 Å². The van der Waals surface area contributed by atoms with Crippen LogP contribution in [0.5, 0.6) is 0 Å². The normalized spacial score (nSPS) is 18.8. The van der Waals surface area contributed by atoms with Crippen LogP contribution in [0.1, 0.15) is 51.8 Å². The summed E-state index contributed by atoms with van der Waals surface area (Å²) in [7, 11) is 0. The highest BCUT2D eigenvalue weighted by atomic mass is 19.3. The fourth-order valence-electron chi connectivity index (χ4n) is 4.15. The van der Waals surface area contributed by atoms with Gasteiger partial charge in [-0.25, -0.2) is 19.4 Å². The zero-order valence-electron chi connectivity index (χ0n) is 21.1. The molecule has 4 heterocycles. The lowest BCUT2D eigenvalue weighted by Crippen LogP contribution is -2.42. The number of carbonyl (C=O) groups excluding carboxylic acids is 1. The monoisotopic (exact) mass is 487 g/mol. The van der Waals surface area contributed by atoms with E-state index in [9.17, 15) is 13.6 Å². The lowest BCUT2D eigenvalue weighted by molar-refractivity contribution is 0.00745. The third-order valence-corrected chi connectivity index (χ3v) is 5.75. The maximum atomic E-state index is 14.0. The minimum atomic E-state index is -3.19. The predicted molar refractivity (Wildman–Crippen MR) is 128 cm³/mol. The first kappa shape index (κ1) is 24.7. The maximum Gasteiger partial charge on any atom is 0.407 e. The van der Waals surface area contributed by atoms with Crippen LogP contribution in [-0.4, -0.2) is 55.6 Å². The molecular weight excluding hydrogens is 456 g/mol. The van der Waals surface area contributed by atoms with Crippen LogP contribution in [0, 0.1) is 19.8 Å². The summed E-state index contributed by atoms with van der Waals surface area (Å²) in [5.74, 6) is -2.71. The third-order valence-electron chi connectivity index (χ3n) is 5.75. The maximum absolute atomic E-state index is 14.0. The van der Waals surface area contributed by atoms with Gasteiger partial charge >= 0.3 is 12.0 Å². The van der Waals surface area contributed by atoms with Crippen LogP contribution in [0.25, 0.3) is 16.7 Å². The third kappa shape index (κ3) is 5.33. The van der Waals surface area contributed by atoms with E-state index < -0.39 is 23.4 Å². The van der Waals surface area contributed by atoms with Gasteiger partial charge in [0.15, 0.2) is 11.6 Å². The van der Waals surface area contributed by atoms with E-state index in [1.165, 1.54) is 0 Å². The number of nitrogens with zero attached hydrogens (tertiary/aromatic N) is 6. The Balaban J connectivity index is 1.71. The molecule has 0 unspecified atom stereocenters. The van der Waals surface area contributed by atoms with E-state index in [4.69, 9.17) is 9.84 Å². The second kappa shape index (κ2) is 8.69. The van der Waals surface area contributed by atoms with Gasteiger partial charge in [-0.3, -0.25) is 4.98 Å². The fraction of sp³-hybridized carbons (Fsp3) is 0.542. The summed E-state index contributed by atoms with van der Waals surface area (Å²) in [4.78, 5) is 26.8. The number of hydrogen-bond acceptors (Lipinski definition) is 7. The lowest BCUT2D eigenvalue weighted by Gasteiger charge is -2.23. The summed E-state index contributed by atoms with van der Waals surface area (Å²) in [5.41, 5.74) is 1.29. The molecule has 2 atom stereocenters. The molecule has 1 fully saturated rings. The average molecular weight is 488 g/mol. The summed E-state index contributed by atoms with van der Waals surface area (Å²) in [6.07, 6.45) is 1.26. The number of hydrogen-bond donors (Lipinski definition) is 1. The standard InChI is InChI=1S/C24H31F2N7O2/c1-13-11-32(12-17(13)29-22(34)35-23(4,5)6)20-16-10-27-14(2)8-18(16)33(31-20)19-9-15(3)28-21(30-19)24(7,25)26/h8-10,13,17H,11-12H2,1-7H3,(H,29,34)/t13-,17+/m0/s1. The number of ether oxygens (including phenoxy) is 1. The highest BCUT2D eigenvalue weighted by molar-refractivity contribution is 5.91. The summed E-state index contributed by atoms with van der Waals surface area (Å²) in [6, 6.07) is 3.33. The molecular formula is C24H31F2N7O2. The zero-order valence-corrected chi connectivity index (χ0v) is 21.1. The molecule has 1 saturated heterocycles. The Morgan fingerprint density at radius 2 is 1.83 bits per heavy atom. The van der Waals surface area contributed by atoms with Crippen molar-refractivity contribution in [3.05, 3.63) is 35.5 Å². The first-order chi connectivity index (χ1) is 16.2. The van der Waals surface area contributed by atoms with Crippen molar-refractivity contribution in [3.63, 3.8) is 0 Å². The molecule has 0 aliphatic carbocycles. The minimum Gasteiger partial charge on any atom is -0.444 e. The predicted octanol–water partition coefficient (Wildman–Crippen LogP) is 4.29. The molecule has 9 nitrogen and oxygen atoms in total. The molecule has 3 aromatic heterocycles. The first-order valence-corrected chi connectivity index (χ1v) is 11.6. The molecule has 0 aromatic carbocycles. The lowest BCUT2D eigenvalue weighted by atomic mass is 10.1. The summed E-state index contributed by atoms with van der Waals surface area (Å²) in [5, 5.41) is 8.50. The number of anilines is 1. The van der Waals surface area contributed by atoms with Gasteiger partial charge < -0.3 is 15.0 Å². The number of pyridine rings is 1. The number of amides is 1. The van der Waals surface area contributed by atoms with E-state index >= 15 is 0 Å². The van der Waals surface area contributed by atoms with Crippen LogP contribution in [-0.2, 0) is 10.7 Å². The smallest absolute Gasteiger partial charge is 0.407 e. The second-order valence-electron chi connectivity index (χ2n) is 10.3. The van der Waals surface area contributed by atoms with Crippen LogP contribution in [0.2, 0.25) is 0 Å².